The van der Waals surface area contributed by atoms with Gasteiger partial charge in [0.05, 0.1) is 0 Å². The van der Waals surface area contributed by atoms with Crippen molar-refractivity contribution in [3.05, 3.63) is 28.8 Å². The van der Waals surface area contributed by atoms with Gasteiger partial charge in [-0.3, -0.25) is 0 Å². The molecule has 1 rings (SSSR count). The molecule has 0 spiro atoms. The van der Waals surface area contributed by atoms with Gasteiger partial charge in [-0.05, 0) is 42.5 Å². The first-order valence-electron chi connectivity index (χ1n) is 6.64. The Hall–Kier alpha value is -0.180. The Kier molecular flexibility index (Phi) is 6.54. The molecular weight excluding hydrogens is 262 g/mol. The Morgan fingerprint density at radius 2 is 1.94 bits per heavy atom. The Balaban J connectivity index is 2.89. The molecule has 18 heavy (non-hydrogen) atoms. The van der Waals surface area contributed by atoms with Gasteiger partial charge in [0.25, 0.3) is 0 Å². The van der Waals surface area contributed by atoms with E-state index in [1.165, 1.54) is 10.5 Å². The molecule has 2 unspecified atom stereocenters. The van der Waals surface area contributed by atoms with Gasteiger partial charge in [0.15, 0.2) is 0 Å². The molecule has 0 amide bonds. The fourth-order valence-corrected chi connectivity index (χ4v) is 2.89. The van der Waals surface area contributed by atoms with Gasteiger partial charge in [-0.25, -0.2) is 0 Å². The van der Waals surface area contributed by atoms with Crippen LogP contribution in [-0.2, 0) is 6.42 Å². The SMILES string of the molecule is CCC(N)Cc1cc(Cl)ccc1SC(C)C(C)C. The summed E-state index contributed by atoms with van der Waals surface area (Å²) < 4.78 is 0. The minimum Gasteiger partial charge on any atom is -0.327 e. The molecule has 0 aliphatic heterocycles. The number of nitrogens with two attached hydrogens (primary N) is 1. The lowest BCUT2D eigenvalue weighted by Gasteiger charge is -2.19. The van der Waals surface area contributed by atoms with Crippen LogP contribution in [0.1, 0.15) is 39.7 Å². The van der Waals surface area contributed by atoms with Crippen LogP contribution in [0.5, 0.6) is 0 Å². The van der Waals surface area contributed by atoms with E-state index >= 15 is 0 Å². The number of thioether (sulfide) groups is 1. The van der Waals surface area contributed by atoms with Crippen LogP contribution in [0.2, 0.25) is 5.02 Å². The van der Waals surface area contributed by atoms with Crippen molar-refractivity contribution in [1.29, 1.82) is 0 Å². The summed E-state index contributed by atoms with van der Waals surface area (Å²) in [5.74, 6) is 0.665. The molecule has 0 saturated heterocycles. The van der Waals surface area contributed by atoms with Crippen molar-refractivity contribution in [3.8, 4) is 0 Å². The first-order chi connectivity index (χ1) is 8.43. The minimum atomic E-state index is 0.220. The zero-order valence-corrected chi connectivity index (χ0v) is 13.3. The van der Waals surface area contributed by atoms with Crippen LogP contribution in [0.4, 0.5) is 0 Å². The first-order valence-corrected chi connectivity index (χ1v) is 7.90. The zero-order chi connectivity index (χ0) is 13.7. The Morgan fingerprint density at radius 3 is 2.50 bits per heavy atom. The van der Waals surface area contributed by atoms with Crippen molar-refractivity contribution in [2.45, 2.75) is 56.7 Å². The quantitative estimate of drug-likeness (QED) is 0.763. The second-order valence-electron chi connectivity index (χ2n) is 5.19. The molecule has 0 saturated carbocycles. The van der Waals surface area contributed by atoms with E-state index in [-0.39, 0.29) is 6.04 Å². The molecule has 102 valence electrons. The average Bonchev–Trinajstić information content (AvgIpc) is 2.32. The number of hydrogen-bond donors (Lipinski definition) is 1. The first kappa shape index (κ1) is 15.9. The third-order valence-electron chi connectivity index (χ3n) is 3.28. The summed E-state index contributed by atoms with van der Waals surface area (Å²) in [4.78, 5) is 1.32. The molecule has 1 aromatic carbocycles. The summed E-state index contributed by atoms with van der Waals surface area (Å²) in [5.41, 5.74) is 7.35. The van der Waals surface area contributed by atoms with Gasteiger partial charge in [0.2, 0.25) is 0 Å². The van der Waals surface area contributed by atoms with E-state index in [1.807, 2.05) is 17.8 Å². The van der Waals surface area contributed by atoms with Gasteiger partial charge < -0.3 is 5.73 Å². The maximum absolute atomic E-state index is 6.09. The smallest absolute Gasteiger partial charge is 0.0409 e. The molecule has 0 bridgehead atoms. The van der Waals surface area contributed by atoms with Crippen molar-refractivity contribution in [1.82, 2.24) is 0 Å². The summed E-state index contributed by atoms with van der Waals surface area (Å²) in [7, 11) is 0. The second kappa shape index (κ2) is 7.42. The highest BCUT2D eigenvalue weighted by molar-refractivity contribution is 8.00. The van der Waals surface area contributed by atoms with Gasteiger partial charge in [-0.2, -0.15) is 0 Å². The lowest BCUT2D eigenvalue weighted by molar-refractivity contribution is 0.635. The highest BCUT2D eigenvalue weighted by atomic mass is 35.5. The summed E-state index contributed by atoms with van der Waals surface area (Å²) in [6.07, 6.45) is 1.90. The fraction of sp³-hybridized carbons (Fsp3) is 0.600. The van der Waals surface area contributed by atoms with E-state index in [9.17, 15) is 0 Å². The highest BCUT2D eigenvalue weighted by Gasteiger charge is 2.13. The summed E-state index contributed by atoms with van der Waals surface area (Å²) in [6.45, 7) is 8.91. The van der Waals surface area contributed by atoms with Crippen molar-refractivity contribution >= 4 is 23.4 Å². The number of hydrogen-bond acceptors (Lipinski definition) is 2. The summed E-state index contributed by atoms with van der Waals surface area (Å²) in [6, 6.07) is 6.38. The van der Waals surface area contributed by atoms with Crippen molar-refractivity contribution < 1.29 is 0 Å². The topological polar surface area (TPSA) is 26.0 Å². The maximum Gasteiger partial charge on any atom is 0.0409 e. The van der Waals surface area contributed by atoms with Crippen LogP contribution in [0.15, 0.2) is 23.1 Å². The number of benzene rings is 1. The van der Waals surface area contributed by atoms with E-state index in [2.05, 4.69) is 39.8 Å². The monoisotopic (exact) mass is 285 g/mol. The summed E-state index contributed by atoms with van der Waals surface area (Å²) >= 11 is 8.02. The van der Waals surface area contributed by atoms with E-state index in [4.69, 9.17) is 17.3 Å². The van der Waals surface area contributed by atoms with Crippen LogP contribution >= 0.6 is 23.4 Å². The van der Waals surface area contributed by atoms with Crippen molar-refractivity contribution in [3.63, 3.8) is 0 Å². The third-order valence-corrected chi connectivity index (χ3v) is 5.08. The van der Waals surface area contributed by atoms with Crippen LogP contribution < -0.4 is 5.73 Å². The van der Waals surface area contributed by atoms with Crippen molar-refractivity contribution in [2.75, 3.05) is 0 Å². The molecule has 2 N–H and O–H groups in total. The van der Waals surface area contributed by atoms with Crippen LogP contribution in [-0.4, -0.2) is 11.3 Å². The molecule has 1 aromatic rings. The second-order valence-corrected chi connectivity index (χ2v) is 7.05. The number of halogens is 1. The van der Waals surface area contributed by atoms with E-state index in [1.54, 1.807) is 0 Å². The van der Waals surface area contributed by atoms with Crippen LogP contribution in [0.25, 0.3) is 0 Å². The van der Waals surface area contributed by atoms with E-state index in [0.717, 1.165) is 17.9 Å². The molecule has 1 nitrogen and oxygen atoms in total. The predicted molar refractivity (Wildman–Crippen MR) is 83.6 cm³/mol. The van der Waals surface area contributed by atoms with Crippen molar-refractivity contribution in [2.24, 2.45) is 11.7 Å². The molecule has 0 aromatic heterocycles. The normalized spacial score (nSPS) is 14.8. The molecule has 0 aliphatic carbocycles. The lowest BCUT2D eigenvalue weighted by Crippen LogP contribution is -2.21. The average molecular weight is 286 g/mol. The largest absolute Gasteiger partial charge is 0.327 e. The molecule has 2 atom stereocenters. The predicted octanol–water partition coefficient (Wildman–Crippen LogP) is 4.76. The Morgan fingerprint density at radius 1 is 1.28 bits per heavy atom. The molecule has 3 heteroatoms. The highest BCUT2D eigenvalue weighted by Crippen LogP contribution is 2.32. The fourth-order valence-electron chi connectivity index (χ4n) is 1.59. The molecule has 0 aliphatic rings. The van der Waals surface area contributed by atoms with Crippen LogP contribution in [0, 0.1) is 5.92 Å². The molecule has 0 radical (unpaired) electrons. The van der Waals surface area contributed by atoms with Gasteiger partial charge in [0.1, 0.15) is 0 Å². The Bertz CT molecular complexity index is 379. The molecule has 0 fully saturated rings. The van der Waals surface area contributed by atoms with Gasteiger partial charge >= 0.3 is 0 Å². The molecule has 0 heterocycles. The van der Waals surface area contributed by atoms with Gasteiger partial charge in [0, 0.05) is 21.2 Å². The Labute approximate surface area is 120 Å². The van der Waals surface area contributed by atoms with E-state index < -0.39 is 0 Å². The number of rotatable bonds is 6. The third kappa shape index (κ3) is 4.83. The van der Waals surface area contributed by atoms with E-state index in [0.29, 0.717) is 11.2 Å². The zero-order valence-electron chi connectivity index (χ0n) is 11.7. The van der Waals surface area contributed by atoms with Gasteiger partial charge in [-0.15, -0.1) is 11.8 Å². The maximum atomic E-state index is 6.09. The standard InChI is InChI=1S/C15H24ClNS/c1-5-14(17)9-12-8-13(16)6-7-15(12)18-11(4)10(2)3/h6-8,10-11,14H,5,9,17H2,1-4H3. The summed E-state index contributed by atoms with van der Waals surface area (Å²) in [5, 5.41) is 1.40. The van der Waals surface area contributed by atoms with Gasteiger partial charge in [-0.1, -0.05) is 39.3 Å². The minimum absolute atomic E-state index is 0.220. The van der Waals surface area contributed by atoms with Crippen LogP contribution in [0.3, 0.4) is 0 Å². The molecular formula is C15H24ClNS. The lowest BCUT2D eigenvalue weighted by atomic mass is 10.0.